The Morgan fingerprint density at radius 3 is 2.70 bits per heavy atom. The van der Waals surface area contributed by atoms with Crippen LogP contribution in [-0.2, 0) is 6.54 Å². The first-order valence-electron chi connectivity index (χ1n) is 6.23. The van der Waals surface area contributed by atoms with Crippen LogP contribution in [-0.4, -0.2) is 18.0 Å². The number of nitrogens with zero attached hydrogens (tertiary/aromatic N) is 1. The van der Waals surface area contributed by atoms with Crippen LogP contribution in [0.1, 0.15) is 34.0 Å². The van der Waals surface area contributed by atoms with Crippen LogP contribution in [0.4, 0.5) is 0 Å². The number of carbonyl (C=O) groups excluding carboxylic acids is 1. The van der Waals surface area contributed by atoms with Crippen molar-refractivity contribution < 1.29 is 9.53 Å². The van der Waals surface area contributed by atoms with Gasteiger partial charge >= 0.3 is 0 Å². The van der Waals surface area contributed by atoms with Gasteiger partial charge in [-0.3, -0.25) is 4.79 Å². The molecule has 0 spiro atoms. The first-order chi connectivity index (χ1) is 9.63. The van der Waals surface area contributed by atoms with Gasteiger partial charge in [0.25, 0.3) is 5.91 Å². The summed E-state index contributed by atoms with van der Waals surface area (Å²) in [6.07, 6.45) is 0. The molecule has 0 unspecified atom stereocenters. The second-order valence-electron chi connectivity index (χ2n) is 4.30. The van der Waals surface area contributed by atoms with Crippen molar-refractivity contribution in [1.82, 2.24) is 10.3 Å². The highest BCUT2D eigenvalue weighted by molar-refractivity contribution is 7.09. The first-order valence-corrected chi connectivity index (χ1v) is 7.11. The molecule has 1 aromatic carbocycles. The Labute approximate surface area is 121 Å². The number of benzene rings is 1. The molecule has 0 bridgehead atoms. The largest absolute Gasteiger partial charge is 0.497 e. The number of methoxy groups -OCH3 is 1. The highest BCUT2D eigenvalue weighted by Crippen LogP contribution is 2.18. The number of hydrogen-bond donors (Lipinski definition) is 2. The highest BCUT2D eigenvalue weighted by Gasteiger charge is 2.14. The number of nitrogens with two attached hydrogens (primary N) is 1. The summed E-state index contributed by atoms with van der Waals surface area (Å²) in [5.74, 6) is 0.601. The van der Waals surface area contributed by atoms with Crippen molar-refractivity contribution in [1.29, 1.82) is 0 Å². The number of aromatic nitrogens is 1. The Kier molecular flexibility index (Phi) is 4.70. The molecule has 20 heavy (non-hydrogen) atoms. The SMILES string of the molecule is COc1ccc([C@@H](C)NC(=O)c2csc(CN)n2)cc1. The van der Waals surface area contributed by atoms with Gasteiger partial charge in [0.15, 0.2) is 0 Å². The molecule has 0 aliphatic carbocycles. The number of ether oxygens (including phenoxy) is 1. The van der Waals surface area contributed by atoms with Crippen LogP contribution in [0.2, 0.25) is 0 Å². The van der Waals surface area contributed by atoms with Crippen molar-refractivity contribution in [3.05, 3.63) is 45.9 Å². The molecular weight excluding hydrogens is 274 g/mol. The normalized spacial score (nSPS) is 11.9. The van der Waals surface area contributed by atoms with Crippen molar-refractivity contribution >= 4 is 17.2 Å². The van der Waals surface area contributed by atoms with Gasteiger partial charge in [-0.1, -0.05) is 12.1 Å². The van der Waals surface area contributed by atoms with Crippen LogP contribution in [0.5, 0.6) is 5.75 Å². The summed E-state index contributed by atoms with van der Waals surface area (Å²) in [5.41, 5.74) is 6.91. The van der Waals surface area contributed by atoms with Gasteiger partial charge in [0.1, 0.15) is 16.5 Å². The monoisotopic (exact) mass is 291 g/mol. The van der Waals surface area contributed by atoms with E-state index in [4.69, 9.17) is 10.5 Å². The van der Waals surface area contributed by atoms with E-state index in [1.54, 1.807) is 12.5 Å². The number of hydrogen-bond acceptors (Lipinski definition) is 5. The number of nitrogens with one attached hydrogen (secondary N) is 1. The maximum atomic E-state index is 12.0. The van der Waals surface area contributed by atoms with Gasteiger partial charge < -0.3 is 15.8 Å². The highest BCUT2D eigenvalue weighted by atomic mass is 32.1. The molecule has 0 saturated carbocycles. The fraction of sp³-hybridized carbons (Fsp3) is 0.286. The zero-order valence-electron chi connectivity index (χ0n) is 11.4. The molecule has 6 heteroatoms. The Balaban J connectivity index is 2.02. The van der Waals surface area contributed by atoms with Crippen LogP contribution >= 0.6 is 11.3 Å². The first kappa shape index (κ1) is 14.5. The summed E-state index contributed by atoms with van der Waals surface area (Å²) >= 11 is 1.39. The molecule has 2 aromatic rings. The smallest absolute Gasteiger partial charge is 0.271 e. The van der Waals surface area contributed by atoms with Crippen molar-refractivity contribution in [2.75, 3.05) is 7.11 Å². The third-order valence-corrected chi connectivity index (χ3v) is 3.79. The fourth-order valence-electron chi connectivity index (χ4n) is 1.76. The lowest BCUT2D eigenvalue weighted by Crippen LogP contribution is -2.26. The Morgan fingerprint density at radius 2 is 2.15 bits per heavy atom. The summed E-state index contributed by atoms with van der Waals surface area (Å²) in [6, 6.07) is 7.49. The maximum absolute atomic E-state index is 12.0. The minimum Gasteiger partial charge on any atom is -0.497 e. The molecule has 2 rings (SSSR count). The molecule has 0 fully saturated rings. The minimum atomic E-state index is -0.190. The molecule has 5 nitrogen and oxygen atoms in total. The van der Waals surface area contributed by atoms with Crippen LogP contribution in [0, 0.1) is 0 Å². The summed E-state index contributed by atoms with van der Waals surface area (Å²) in [6.45, 7) is 2.28. The van der Waals surface area contributed by atoms with E-state index in [0.29, 0.717) is 12.2 Å². The van der Waals surface area contributed by atoms with Gasteiger partial charge in [0, 0.05) is 11.9 Å². The second-order valence-corrected chi connectivity index (χ2v) is 5.24. The number of amides is 1. The topological polar surface area (TPSA) is 77.2 Å². The Bertz CT molecular complexity index is 580. The van der Waals surface area contributed by atoms with Crippen LogP contribution in [0.3, 0.4) is 0 Å². The van der Waals surface area contributed by atoms with Crippen molar-refractivity contribution in [2.45, 2.75) is 19.5 Å². The second kappa shape index (κ2) is 6.49. The average Bonchev–Trinajstić information content (AvgIpc) is 2.96. The van der Waals surface area contributed by atoms with E-state index in [1.165, 1.54) is 11.3 Å². The van der Waals surface area contributed by atoms with Crippen molar-refractivity contribution in [3.63, 3.8) is 0 Å². The fourth-order valence-corrected chi connectivity index (χ4v) is 2.41. The number of carbonyl (C=O) groups is 1. The molecule has 0 radical (unpaired) electrons. The van der Waals surface area contributed by atoms with Crippen molar-refractivity contribution in [3.8, 4) is 5.75 Å². The average molecular weight is 291 g/mol. The molecule has 1 aromatic heterocycles. The molecule has 0 saturated heterocycles. The van der Waals surface area contributed by atoms with E-state index < -0.39 is 0 Å². The third-order valence-electron chi connectivity index (χ3n) is 2.92. The van der Waals surface area contributed by atoms with Gasteiger partial charge in [-0.05, 0) is 24.6 Å². The maximum Gasteiger partial charge on any atom is 0.271 e. The van der Waals surface area contributed by atoms with Gasteiger partial charge in [0.05, 0.1) is 13.2 Å². The molecular formula is C14H17N3O2S. The third kappa shape index (κ3) is 3.34. The molecule has 1 amide bonds. The predicted octanol–water partition coefficient (Wildman–Crippen LogP) is 2.10. The zero-order chi connectivity index (χ0) is 14.5. The summed E-state index contributed by atoms with van der Waals surface area (Å²) in [5, 5.41) is 5.39. The number of thiazole rings is 1. The molecule has 3 N–H and O–H groups in total. The lowest BCUT2D eigenvalue weighted by atomic mass is 10.1. The quantitative estimate of drug-likeness (QED) is 0.884. The summed E-state index contributed by atoms with van der Waals surface area (Å²) in [4.78, 5) is 16.2. The van der Waals surface area contributed by atoms with E-state index in [2.05, 4.69) is 10.3 Å². The van der Waals surface area contributed by atoms with Crippen LogP contribution < -0.4 is 15.8 Å². The standard InChI is InChI=1S/C14H17N3O2S/c1-9(10-3-5-11(19-2)6-4-10)16-14(18)12-8-20-13(7-15)17-12/h3-6,8-9H,7,15H2,1-2H3,(H,16,18)/t9-/m1/s1. The van der Waals surface area contributed by atoms with E-state index in [-0.39, 0.29) is 11.9 Å². The molecule has 0 aliphatic heterocycles. The molecule has 106 valence electrons. The lowest BCUT2D eigenvalue weighted by molar-refractivity contribution is 0.0935. The molecule has 1 atom stereocenters. The van der Waals surface area contributed by atoms with Gasteiger partial charge in [-0.15, -0.1) is 11.3 Å². The van der Waals surface area contributed by atoms with Gasteiger partial charge in [-0.2, -0.15) is 0 Å². The van der Waals surface area contributed by atoms with E-state index >= 15 is 0 Å². The predicted molar refractivity (Wildman–Crippen MR) is 78.9 cm³/mol. The number of rotatable bonds is 5. The lowest BCUT2D eigenvalue weighted by Gasteiger charge is -2.13. The molecule has 1 heterocycles. The van der Waals surface area contributed by atoms with Crippen molar-refractivity contribution in [2.24, 2.45) is 5.73 Å². The van der Waals surface area contributed by atoms with E-state index in [0.717, 1.165) is 16.3 Å². The Morgan fingerprint density at radius 1 is 1.45 bits per heavy atom. The molecule has 0 aliphatic rings. The van der Waals surface area contributed by atoms with Crippen LogP contribution in [0.25, 0.3) is 0 Å². The minimum absolute atomic E-state index is 0.101. The summed E-state index contributed by atoms with van der Waals surface area (Å²) < 4.78 is 5.11. The van der Waals surface area contributed by atoms with E-state index in [1.807, 2.05) is 31.2 Å². The van der Waals surface area contributed by atoms with Crippen LogP contribution in [0.15, 0.2) is 29.6 Å². The van der Waals surface area contributed by atoms with Gasteiger partial charge in [-0.25, -0.2) is 4.98 Å². The van der Waals surface area contributed by atoms with E-state index in [9.17, 15) is 4.79 Å². The van der Waals surface area contributed by atoms with Gasteiger partial charge in [0.2, 0.25) is 0 Å². The zero-order valence-corrected chi connectivity index (χ0v) is 12.2. The Hall–Kier alpha value is -1.92. The summed E-state index contributed by atoms with van der Waals surface area (Å²) in [7, 11) is 1.62.